The molecule has 3 unspecified atom stereocenters. The lowest BCUT2D eigenvalue weighted by atomic mass is 9.89. The normalized spacial score (nSPS) is 37.0. The molecule has 2 saturated heterocycles. The first-order valence-electron chi connectivity index (χ1n) is 7.67. The van der Waals surface area contributed by atoms with Gasteiger partial charge in [-0.15, -0.1) is 0 Å². The van der Waals surface area contributed by atoms with Crippen LogP contribution in [0.25, 0.3) is 0 Å². The summed E-state index contributed by atoms with van der Waals surface area (Å²) in [5.74, 6) is -0.105. The number of amides is 2. The van der Waals surface area contributed by atoms with Crippen LogP contribution < -0.4 is 5.32 Å². The molecular weight excluding hydrogens is 272 g/mol. The van der Waals surface area contributed by atoms with Gasteiger partial charge in [-0.25, -0.2) is 0 Å². The van der Waals surface area contributed by atoms with Gasteiger partial charge in [-0.1, -0.05) is 13.8 Å². The number of nitrogens with one attached hydrogen (secondary N) is 1. The van der Waals surface area contributed by atoms with E-state index in [1.165, 1.54) is 0 Å². The number of hydrogen-bond acceptors (Lipinski definition) is 4. The molecule has 0 saturated carbocycles. The van der Waals surface area contributed by atoms with E-state index in [1.807, 2.05) is 13.8 Å². The Morgan fingerprint density at radius 3 is 2.62 bits per heavy atom. The molecule has 0 aromatic rings. The van der Waals surface area contributed by atoms with Gasteiger partial charge in [0.05, 0.1) is 13.2 Å². The van der Waals surface area contributed by atoms with E-state index in [9.17, 15) is 9.59 Å². The second-order valence-electron chi connectivity index (χ2n) is 6.22. The number of ether oxygens (including phenoxy) is 2. The Bertz CT molecular complexity index is 420. The first kappa shape index (κ1) is 16.2. The number of nitrogens with zero attached hydrogens (tertiary/aromatic N) is 1. The summed E-state index contributed by atoms with van der Waals surface area (Å²) in [5.41, 5.74) is -1.31. The summed E-state index contributed by atoms with van der Waals surface area (Å²) in [6.45, 7) is 7.12. The van der Waals surface area contributed by atoms with Gasteiger partial charge < -0.3 is 19.7 Å². The van der Waals surface area contributed by atoms with Crippen molar-refractivity contribution in [1.29, 1.82) is 0 Å². The summed E-state index contributed by atoms with van der Waals surface area (Å²) >= 11 is 0. The molecule has 2 rings (SSSR count). The van der Waals surface area contributed by atoms with Crippen LogP contribution in [0.3, 0.4) is 0 Å². The Kier molecular flexibility index (Phi) is 4.58. The van der Waals surface area contributed by atoms with Crippen molar-refractivity contribution in [2.75, 3.05) is 26.9 Å². The summed E-state index contributed by atoms with van der Waals surface area (Å²) < 4.78 is 11.1. The zero-order chi connectivity index (χ0) is 15.7. The van der Waals surface area contributed by atoms with Gasteiger partial charge in [0.25, 0.3) is 0 Å². The summed E-state index contributed by atoms with van der Waals surface area (Å²) in [6.07, 6.45) is 1.91. The SMILES string of the molecule is CCC1C(=O)NC(C)(CC)C(=O)N1CC1(OC)CCOC1. The lowest BCUT2D eigenvalue weighted by Gasteiger charge is -2.46. The Morgan fingerprint density at radius 2 is 2.14 bits per heavy atom. The van der Waals surface area contributed by atoms with Crippen molar-refractivity contribution in [2.45, 2.75) is 57.2 Å². The van der Waals surface area contributed by atoms with Gasteiger partial charge in [0.1, 0.15) is 17.2 Å². The van der Waals surface area contributed by atoms with Crippen LogP contribution in [-0.4, -0.2) is 60.8 Å². The van der Waals surface area contributed by atoms with Crippen LogP contribution in [0.1, 0.15) is 40.0 Å². The van der Waals surface area contributed by atoms with Crippen LogP contribution in [0.2, 0.25) is 0 Å². The van der Waals surface area contributed by atoms with Crippen LogP contribution >= 0.6 is 0 Å². The van der Waals surface area contributed by atoms with Gasteiger partial charge in [0.2, 0.25) is 11.8 Å². The molecule has 0 radical (unpaired) electrons. The average molecular weight is 298 g/mol. The second-order valence-corrected chi connectivity index (χ2v) is 6.22. The molecule has 21 heavy (non-hydrogen) atoms. The van der Waals surface area contributed by atoms with Crippen LogP contribution in [0.4, 0.5) is 0 Å². The fourth-order valence-corrected chi connectivity index (χ4v) is 3.09. The fourth-order valence-electron chi connectivity index (χ4n) is 3.09. The van der Waals surface area contributed by atoms with E-state index in [4.69, 9.17) is 9.47 Å². The van der Waals surface area contributed by atoms with Crippen molar-refractivity contribution >= 4 is 11.8 Å². The highest BCUT2D eigenvalue weighted by molar-refractivity contribution is 5.99. The summed E-state index contributed by atoms with van der Waals surface area (Å²) in [4.78, 5) is 26.9. The first-order chi connectivity index (χ1) is 9.91. The summed E-state index contributed by atoms with van der Waals surface area (Å²) in [7, 11) is 1.64. The smallest absolute Gasteiger partial charge is 0.248 e. The zero-order valence-corrected chi connectivity index (χ0v) is 13.4. The number of hydrogen-bond donors (Lipinski definition) is 1. The third kappa shape index (κ3) is 2.79. The molecule has 0 bridgehead atoms. The highest BCUT2D eigenvalue weighted by Crippen LogP contribution is 2.29. The van der Waals surface area contributed by atoms with E-state index in [2.05, 4.69) is 5.32 Å². The molecule has 0 spiro atoms. The van der Waals surface area contributed by atoms with Crippen LogP contribution in [0.5, 0.6) is 0 Å². The Balaban J connectivity index is 2.27. The molecule has 2 aliphatic heterocycles. The standard InChI is InChI=1S/C15H26N2O4/c1-5-11-12(18)16-14(3,6-2)13(19)17(11)9-15(20-4)7-8-21-10-15/h11H,5-10H2,1-4H3,(H,16,18). The van der Waals surface area contributed by atoms with Crippen molar-refractivity contribution in [3.8, 4) is 0 Å². The minimum atomic E-state index is -0.822. The van der Waals surface area contributed by atoms with Crippen molar-refractivity contribution < 1.29 is 19.1 Å². The maximum absolute atomic E-state index is 12.9. The molecule has 6 heteroatoms. The van der Waals surface area contributed by atoms with E-state index in [0.717, 1.165) is 6.42 Å². The topological polar surface area (TPSA) is 67.9 Å². The molecule has 2 heterocycles. The van der Waals surface area contributed by atoms with E-state index < -0.39 is 17.2 Å². The van der Waals surface area contributed by atoms with E-state index in [1.54, 1.807) is 18.9 Å². The lowest BCUT2D eigenvalue weighted by Crippen LogP contribution is -2.70. The van der Waals surface area contributed by atoms with Gasteiger partial charge in [0, 0.05) is 20.1 Å². The second kappa shape index (κ2) is 5.93. The molecule has 0 aliphatic carbocycles. The fraction of sp³-hybridized carbons (Fsp3) is 0.867. The van der Waals surface area contributed by atoms with Crippen molar-refractivity contribution in [3.63, 3.8) is 0 Å². The van der Waals surface area contributed by atoms with Crippen molar-refractivity contribution in [2.24, 2.45) is 0 Å². The summed E-state index contributed by atoms with van der Waals surface area (Å²) in [5, 5.41) is 2.88. The number of rotatable bonds is 5. The third-order valence-electron chi connectivity index (χ3n) is 4.86. The Hall–Kier alpha value is -1.14. The molecule has 0 aromatic heterocycles. The van der Waals surface area contributed by atoms with Crippen molar-refractivity contribution in [1.82, 2.24) is 10.2 Å². The average Bonchev–Trinajstić information content (AvgIpc) is 2.94. The molecule has 2 amide bonds. The summed E-state index contributed by atoms with van der Waals surface area (Å²) in [6, 6.07) is -0.426. The molecule has 120 valence electrons. The maximum Gasteiger partial charge on any atom is 0.248 e. The zero-order valence-electron chi connectivity index (χ0n) is 13.4. The van der Waals surface area contributed by atoms with Gasteiger partial charge >= 0.3 is 0 Å². The first-order valence-corrected chi connectivity index (χ1v) is 7.67. The van der Waals surface area contributed by atoms with Gasteiger partial charge in [-0.2, -0.15) is 0 Å². The number of carbonyl (C=O) groups excluding carboxylic acids is 2. The monoisotopic (exact) mass is 298 g/mol. The Morgan fingerprint density at radius 1 is 1.43 bits per heavy atom. The molecular formula is C15H26N2O4. The lowest BCUT2D eigenvalue weighted by molar-refractivity contribution is -0.159. The van der Waals surface area contributed by atoms with Gasteiger partial charge in [0.15, 0.2) is 0 Å². The minimum Gasteiger partial charge on any atom is -0.378 e. The predicted octanol–water partition coefficient (Wildman–Crippen LogP) is 0.698. The van der Waals surface area contributed by atoms with E-state index in [-0.39, 0.29) is 11.8 Å². The number of carbonyl (C=O) groups is 2. The van der Waals surface area contributed by atoms with E-state index >= 15 is 0 Å². The van der Waals surface area contributed by atoms with Gasteiger partial charge in [-0.3, -0.25) is 9.59 Å². The number of piperazine rings is 1. The highest BCUT2D eigenvalue weighted by atomic mass is 16.5. The van der Waals surface area contributed by atoms with E-state index in [0.29, 0.717) is 32.6 Å². The molecule has 2 aliphatic rings. The van der Waals surface area contributed by atoms with Crippen LogP contribution in [0.15, 0.2) is 0 Å². The predicted molar refractivity (Wildman–Crippen MR) is 77.8 cm³/mol. The minimum absolute atomic E-state index is 0.0280. The molecule has 0 aromatic carbocycles. The molecule has 6 nitrogen and oxygen atoms in total. The Labute approximate surface area is 126 Å². The molecule has 1 N–H and O–H groups in total. The highest BCUT2D eigenvalue weighted by Gasteiger charge is 2.49. The van der Waals surface area contributed by atoms with Crippen LogP contribution in [-0.2, 0) is 19.1 Å². The van der Waals surface area contributed by atoms with Crippen LogP contribution in [0, 0.1) is 0 Å². The number of methoxy groups -OCH3 is 1. The molecule has 2 fully saturated rings. The third-order valence-corrected chi connectivity index (χ3v) is 4.86. The van der Waals surface area contributed by atoms with Crippen molar-refractivity contribution in [3.05, 3.63) is 0 Å². The largest absolute Gasteiger partial charge is 0.378 e. The molecule has 3 atom stereocenters. The quantitative estimate of drug-likeness (QED) is 0.811. The maximum atomic E-state index is 12.9. The van der Waals surface area contributed by atoms with Gasteiger partial charge in [-0.05, 0) is 19.8 Å².